The van der Waals surface area contributed by atoms with Crippen LogP contribution in [-0.2, 0) is 0 Å². The molecule has 0 N–H and O–H groups in total. The number of nitriles is 1. The zero-order valence-electron chi connectivity index (χ0n) is 12.3. The lowest BCUT2D eigenvalue weighted by Crippen LogP contribution is -2.50. The average Bonchev–Trinajstić information content (AvgIpc) is 3.00. The highest BCUT2D eigenvalue weighted by Gasteiger charge is 2.23. The van der Waals surface area contributed by atoms with Gasteiger partial charge in [-0.1, -0.05) is 13.3 Å². The van der Waals surface area contributed by atoms with Gasteiger partial charge in [0.15, 0.2) is 5.65 Å². The maximum Gasteiger partial charge on any atom is 0.157 e. The lowest BCUT2D eigenvalue weighted by atomic mass is 10.1. The molecule has 0 aliphatic carbocycles. The Labute approximate surface area is 124 Å². The first-order chi connectivity index (χ1) is 10.3. The number of hydrogen-bond acceptors (Lipinski definition) is 5. The third-order valence-electron chi connectivity index (χ3n) is 4.03. The number of piperazine rings is 1. The van der Waals surface area contributed by atoms with E-state index in [-0.39, 0.29) is 6.04 Å². The summed E-state index contributed by atoms with van der Waals surface area (Å²) in [5.74, 6) is 0.992. The number of hydrogen-bond donors (Lipinski definition) is 0. The summed E-state index contributed by atoms with van der Waals surface area (Å²) in [7, 11) is 0. The first-order valence-electron chi connectivity index (χ1n) is 7.51. The van der Waals surface area contributed by atoms with Crippen molar-refractivity contribution >= 4 is 11.5 Å². The van der Waals surface area contributed by atoms with E-state index in [0.717, 1.165) is 50.5 Å². The van der Waals surface area contributed by atoms with Crippen molar-refractivity contribution in [1.82, 2.24) is 19.5 Å². The van der Waals surface area contributed by atoms with E-state index in [4.69, 9.17) is 0 Å². The molecule has 6 heteroatoms. The maximum absolute atomic E-state index is 9.26. The lowest BCUT2D eigenvalue weighted by molar-refractivity contribution is 0.211. The van der Waals surface area contributed by atoms with Gasteiger partial charge in [0.1, 0.15) is 5.82 Å². The summed E-state index contributed by atoms with van der Waals surface area (Å²) < 4.78 is 1.77. The van der Waals surface area contributed by atoms with E-state index < -0.39 is 0 Å². The van der Waals surface area contributed by atoms with Crippen LogP contribution in [0.5, 0.6) is 0 Å². The van der Waals surface area contributed by atoms with Crippen molar-refractivity contribution in [3.63, 3.8) is 0 Å². The number of nitrogens with zero attached hydrogens (tertiary/aromatic N) is 6. The fourth-order valence-corrected chi connectivity index (χ4v) is 2.84. The van der Waals surface area contributed by atoms with Gasteiger partial charge in [0, 0.05) is 38.4 Å². The molecule has 1 aliphatic heterocycles. The summed E-state index contributed by atoms with van der Waals surface area (Å²) >= 11 is 0. The van der Waals surface area contributed by atoms with E-state index in [1.807, 2.05) is 18.3 Å². The summed E-state index contributed by atoms with van der Waals surface area (Å²) in [5.41, 5.74) is 0.871. The van der Waals surface area contributed by atoms with E-state index in [1.54, 1.807) is 10.7 Å². The minimum absolute atomic E-state index is 0.0578. The summed E-state index contributed by atoms with van der Waals surface area (Å²) in [5, 5.41) is 13.4. The summed E-state index contributed by atoms with van der Waals surface area (Å²) in [6.07, 6.45) is 5.71. The second kappa shape index (κ2) is 6.10. The number of aromatic nitrogens is 3. The Morgan fingerprint density at radius 3 is 2.81 bits per heavy atom. The van der Waals surface area contributed by atoms with E-state index in [2.05, 4.69) is 32.9 Å². The van der Waals surface area contributed by atoms with E-state index >= 15 is 0 Å². The SMILES string of the molecule is CCCC(C#N)N1CCN(c2ccn3nccc3n2)CC1. The van der Waals surface area contributed by atoms with Crippen molar-refractivity contribution in [2.24, 2.45) is 0 Å². The van der Waals surface area contributed by atoms with Crippen molar-refractivity contribution in [2.75, 3.05) is 31.1 Å². The summed E-state index contributed by atoms with van der Waals surface area (Å²) in [6.45, 7) is 5.80. The van der Waals surface area contributed by atoms with Gasteiger partial charge < -0.3 is 4.90 Å². The first-order valence-corrected chi connectivity index (χ1v) is 7.51. The molecule has 1 aliphatic rings. The highest BCUT2D eigenvalue weighted by Crippen LogP contribution is 2.17. The fraction of sp³-hybridized carbons (Fsp3) is 0.533. The molecular weight excluding hydrogens is 264 g/mol. The van der Waals surface area contributed by atoms with Crippen LogP contribution in [0.2, 0.25) is 0 Å². The number of fused-ring (bicyclic) bond motifs is 1. The standard InChI is InChI=1S/C15H20N6/c1-2-3-13(12-16)19-8-10-20(11-9-19)14-5-7-21-15(18-14)4-6-17-21/h4-7,13H,2-3,8-11H2,1H3. The van der Waals surface area contributed by atoms with Crippen LogP contribution in [0.25, 0.3) is 5.65 Å². The van der Waals surface area contributed by atoms with Crippen LogP contribution >= 0.6 is 0 Å². The lowest BCUT2D eigenvalue weighted by Gasteiger charge is -2.37. The van der Waals surface area contributed by atoms with Crippen LogP contribution in [0, 0.1) is 11.3 Å². The van der Waals surface area contributed by atoms with Gasteiger partial charge in [0.2, 0.25) is 0 Å². The molecule has 0 spiro atoms. The molecule has 0 radical (unpaired) electrons. The highest BCUT2D eigenvalue weighted by molar-refractivity contribution is 5.47. The topological polar surface area (TPSA) is 60.5 Å². The minimum Gasteiger partial charge on any atom is -0.354 e. The van der Waals surface area contributed by atoms with Crippen molar-refractivity contribution in [1.29, 1.82) is 5.26 Å². The maximum atomic E-state index is 9.26. The third-order valence-corrected chi connectivity index (χ3v) is 4.03. The molecule has 1 atom stereocenters. The Morgan fingerprint density at radius 2 is 2.10 bits per heavy atom. The smallest absolute Gasteiger partial charge is 0.157 e. The zero-order valence-corrected chi connectivity index (χ0v) is 12.3. The second-order valence-electron chi connectivity index (χ2n) is 5.38. The molecule has 3 rings (SSSR count). The van der Waals surface area contributed by atoms with Crippen LogP contribution in [0.4, 0.5) is 5.82 Å². The number of anilines is 1. The Hall–Kier alpha value is -2.13. The highest BCUT2D eigenvalue weighted by atomic mass is 15.3. The second-order valence-corrected chi connectivity index (χ2v) is 5.38. The molecule has 2 aromatic rings. The molecule has 1 saturated heterocycles. The molecule has 21 heavy (non-hydrogen) atoms. The molecule has 0 amide bonds. The Kier molecular flexibility index (Phi) is 4.02. The van der Waals surface area contributed by atoms with E-state index in [9.17, 15) is 5.26 Å². The van der Waals surface area contributed by atoms with Crippen LogP contribution in [0.3, 0.4) is 0 Å². The normalized spacial score (nSPS) is 17.8. The third kappa shape index (κ3) is 2.83. The van der Waals surface area contributed by atoms with Crippen LogP contribution < -0.4 is 4.90 Å². The van der Waals surface area contributed by atoms with E-state index in [1.165, 1.54) is 0 Å². The first kappa shape index (κ1) is 13.8. The van der Waals surface area contributed by atoms with Gasteiger partial charge in [-0.15, -0.1) is 0 Å². The van der Waals surface area contributed by atoms with Crippen molar-refractivity contribution in [3.8, 4) is 6.07 Å². The minimum atomic E-state index is 0.0578. The Balaban J connectivity index is 1.66. The average molecular weight is 284 g/mol. The van der Waals surface area contributed by atoms with E-state index in [0.29, 0.717) is 0 Å². The van der Waals surface area contributed by atoms with Crippen LogP contribution in [0.15, 0.2) is 24.5 Å². The quantitative estimate of drug-likeness (QED) is 0.852. The predicted molar refractivity (Wildman–Crippen MR) is 81.1 cm³/mol. The van der Waals surface area contributed by atoms with Gasteiger partial charge in [0.25, 0.3) is 0 Å². The van der Waals surface area contributed by atoms with Crippen LogP contribution in [0.1, 0.15) is 19.8 Å². The Bertz CT molecular complexity index is 635. The van der Waals surface area contributed by atoms with Crippen LogP contribution in [-0.4, -0.2) is 51.7 Å². The van der Waals surface area contributed by atoms with Gasteiger partial charge in [-0.2, -0.15) is 10.4 Å². The monoisotopic (exact) mass is 284 g/mol. The molecule has 1 fully saturated rings. The summed E-state index contributed by atoms with van der Waals surface area (Å²) in [6, 6.07) is 6.40. The molecule has 0 aromatic carbocycles. The molecule has 110 valence electrons. The largest absolute Gasteiger partial charge is 0.354 e. The molecule has 3 heterocycles. The van der Waals surface area contributed by atoms with Gasteiger partial charge in [-0.05, 0) is 12.5 Å². The van der Waals surface area contributed by atoms with Gasteiger partial charge in [-0.3, -0.25) is 4.90 Å². The van der Waals surface area contributed by atoms with Gasteiger partial charge in [-0.25, -0.2) is 9.50 Å². The summed E-state index contributed by atoms with van der Waals surface area (Å²) in [4.78, 5) is 9.20. The van der Waals surface area contributed by atoms with Gasteiger partial charge >= 0.3 is 0 Å². The van der Waals surface area contributed by atoms with Crippen molar-refractivity contribution < 1.29 is 0 Å². The van der Waals surface area contributed by atoms with Crippen molar-refractivity contribution in [2.45, 2.75) is 25.8 Å². The molecule has 0 saturated carbocycles. The molecule has 0 bridgehead atoms. The molecule has 1 unspecified atom stereocenters. The Morgan fingerprint density at radius 1 is 1.29 bits per heavy atom. The molecule has 6 nitrogen and oxygen atoms in total. The predicted octanol–water partition coefficient (Wildman–Crippen LogP) is 1.54. The van der Waals surface area contributed by atoms with Crippen molar-refractivity contribution in [3.05, 3.63) is 24.5 Å². The van der Waals surface area contributed by atoms with Gasteiger partial charge in [0.05, 0.1) is 18.3 Å². The number of rotatable bonds is 4. The molecular formula is C15H20N6. The zero-order chi connectivity index (χ0) is 14.7. The molecule has 2 aromatic heterocycles. The fourth-order valence-electron chi connectivity index (χ4n) is 2.84.